The molecule has 0 unspecified atom stereocenters. The summed E-state index contributed by atoms with van der Waals surface area (Å²) in [4.78, 5) is 4.55. The molecule has 0 saturated heterocycles. The van der Waals surface area contributed by atoms with E-state index in [4.69, 9.17) is 0 Å². The molecular weight excluding hydrogens is 286 g/mol. The summed E-state index contributed by atoms with van der Waals surface area (Å²) in [5, 5.41) is 3.83. The molecule has 1 atom stereocenters. The Kier molecular flexibility index (Phi) is 4.92. The first kappa shape index (κ1) is 15.9. The van der Waals surface area contributed by atoms with Crippen LogP contribution in [0.3, 0.4) is 0 Å². The minimum atomic E-state index is -3.55. The zero-order valence-corrected chi connectivity index (χ0v) is 13.4. The minimum absolute atomic E-state index is 0.0830. The number of fused-ring (bicyclic) bond motifs is 1. The van der Waals surface area contributed by atoms with Crippen LogP contribution >= 0.6 is 0 Å². The molecule has 0 aliphatic heterocycles. The molecule has 1 aromatic heterocycles. The molecular formula is C15H21N3O2S. The van der Waals surface area contributed by atoms with Gasteiger partial charge in [-0.15, -0.1) is 0 Å². The maximum absolute atomic E-state index is 12.5. The quantitative estimate of drug-likeness (QED) is 0.854. The molecule has 0 bridgehead atoms. The molecule has 0 amide bonds. The second-order valence-electron chi connectivity index (χ2n) is 5.09. The number of aromatic nitrogens is 1. The number of rotatable bonds is 6. The van der Waals surface area contributed by atoms with Gasteiger partial charge >= 0.3 is 0 Å². The monoisotopic (exact) mass is 307 g/mol. The predicted molar refractivity (Wildman–Crippen MR) is 84.8 cm³/mol. The summed E-state index contributed by atoms with van der Waals surface area (Å²) in [5.74, 6) is 0. The Morgan fingerprint density at radius 2 is 2.05 bits per heavy atom. The third kappa shape index (κ3) is 3.58. The molecule has 2 N–H and O–H groups in total. The highest BCUT2D eigenvalue weighted by atomic mass is 32.2. The van der Waals surface area contributed by atoms with Crippen molar-refractivity contribution < 1.29 is 8.42 Å². The fourth-order valence-corrected chi connectivity index (χ4v) is 3.58. The maximum atomic E-state index is 12.5. The van der Waals surface area contributed by atoms with Gasteiger partial charge in [0.1, 0.15) is 0 Å². The second kappa shape index (κ2) is 6.51. The summed E-state index contributed by atoms with van der Waals surface area (Å²) in [6.45, 7) is 7.02. The summed E-state index contributed by atoms with van der Waals surface area (Å²) in [6, 6.07) is 7.05. The van der Waals surface area contributed by atoms with Crippen molar-refractivity contribution in [2.75, 3.05) is 13.1 Å². The Hall–Kier alpha value is -1.50. The zero-order valence-electron chi connectivity index (χ0n) is 12.6. The average molecular weight is 307 g/mol. The van der Waals surface area contributed by atoms with Crippen LogP contribution in [-0.2, 0) is 10.0 Å². The Morgan fingerprint density at radius 1 is 1.29 bits per heavy atom. The molecule has 0 aliphatic carbocycles. The van der Waals surface area contributed by atoms with Gasteiger partial charge < -0.3 is 5.32 Å². The van der Waals surface area contributed by atoms with Crippen LogP contribution in [0.1, 0.15) is 19.4 Å². The van der Waals surface area contributed by atoms with Crippen LogP contribution in [0.4, 0.5) is 0 Å². The van der Waals surface area contributed by atoms with E-state index < -0.39 is 10.0 Å². The summed E-state index contributed by atoms with van der Waals surface area (Å²) >= 11 is 0. The van der Waals surface area contributed by atoms with Crippen molar-refractivity contribution in [1.82, 2.24) is 15.0 Å². The first-order chi connectivity index (χ1) is 9.95. The van der Waals surface area contributed by atoms with E-state index in [9.17, 15) is 8.42 Å². The van der Waals surface area contributed by atoms with Crippen LogP contribution < -0.4 is 10.0 Å². The topological polar surface area (TPSA) is 71.1 Å². The van der Waals surface area contributed by atoms with E-state index in [0.717, 1.165) is 17.6 Å². The third-order valence-electron chi connectivity index (χ3n) is 3.35. The van der Waals surface area contributed by atoms with Gasteiger partial charge in [-0.2, -0.15) is 0 Å². The lowest BCUT2D eigenvalue weighted by Gasteiger charge is -2.15. The number of sulfonamides is 1. The molecule has 1 heterocycles. The van der Waals surface area contributed by atoms with Crippen molar-refractivity contribution in [3.8, 4) is 0 Å². The van der Waals surface area contributed by atoms with Crippen molar-refractivity contribution in [3.05, 3.63) is 36.0 Å². The SMILES string of the molecule is CCN[C@H](C)CNS(=O)(=O)c1ccc(C)c2ncccc12. The fourth-order valence-electron chi connectivity index (χ4n) is 2.26. The number of nitrogens with zero attached hydrogens (tertiary/aromatic N) is 1. The highest BCUT2D eigenvalue weighted by Gasteiger charge is 2.18. The number of pyridine rings is 1. The van der Waals surface area contributed by atoms with Crippen LogP contribution in [0.5, 0.6) is 0 Å². The smallest absolute Gasteiger partial charge is 0.241 e. The molecule has 0 radical (unpaired) electrons. The number of benzene rings is 1. The van der Waals surface area contributed by atoms with Crippen LogP contribution in [0.15, 0.2) is 35.4 Å². The summed E-state index contributed by atoms with van der Waals surface area (Å²) in [5.41, 5.74) is 1.69. The summed E-state index contributed by atoms with van der Waals surface area (Å²) in [7, 11) is -3.55. The van der Waals surface area contributed by atoms with E-state index in [1.807, 2.05) is 20.8 Å². The average Bonchev–Trinajstić information content (AvgIpc) is 2.46. The lowest BCUT2D eigenvalue weighted by atomic mass is 10.1. The molecule has 0 spiro atoms. The van der Waals surface area contributed by atoms with Crippen LogP contribution in [0.25, 0.3) is 10.9 Å². The van der Waals surface area contributed by atoms with Gasteiger partial charge in [0.05, 0.1) is 10.4 Å². The molecule has 6 heteroatoms. The first-order valence-corrected chi connectivity index (χ1v) is 8.51. The van der Waals surface area contributed by atoms with Gasteiger partial charge in [0, 0.05) is 24.2 Å². The molecule has 2 aromatic rings. The van der Waals surface area contributed by atoms with Crippen molar-refractivity contribution in [1.29, 1.82) is 0 Å². The third-order valence-corrected chi connectivity index (χ3v) is 4.83. The number of likely N-dealkylation sites (N-methyl/N-ethyl adjacent to an activating group) is 1. The Bertz CT molecular complexity index is 729. The lowest BCUT2D eigenvalue weighted by molar-refractivity contribution is 0.536. The summed E-state index contributed by atoms with van der Waals surface area (Å²) in [6.07, 6.45) is 1.67. The van der Waals surface area contributed by atoms with Crippen LogP contribution in [0, 0.1) is 6.92 Å². The van der Waals surface area contributed by atoms with E-state index in [-0.39, 0.29) is 10.9 Å². The van der Waals surface area contributed by atoms with E-state index in [1.54, 1.807) is 30.5 Å². The lowest BCUT2D eigenvalue weighted by Crippen LogP contribution is -2.38. The first-order valence-electron chi connectivity index (χ1n) is 7.03. The summed E-state index contributed by atoms with van der Waals surface area (Å²) < 4.78 is 27.7. The number of hydrogen-bond donors (Lipinski definition) is 2. The molecule has 0 saturated carbocycles. The normalized spacial score (nSPS) is 13.5. The van der Waals surface area contributed by atoms with Gasteiger partial charge in [0.2, 0.25) is 10.0 Å². The molecule has 114 valence electrons. The van der Waals surface area contributed by atoms with Crippen LogP contribution in [-0.4, -0.2) is 32.5 Å². The van der Waals surface area contributed by atoms with E-state index in [2.05, 4.69) is 15.0 Å². The Labute approximate surface area is 125 Å². The minimum Gasteiger partial charge on any atom is -0.313 e. The molecule has 5 nitrogen and oxygen atoms in total. The van der Waals surface area contributed by atoms with Gasteiger partial charge in [0.25, 0.3) is 0 Å². The van der Waals surface area contributed by atoms with Crippen LogP contribution in [0.2, 0.25) is 0 Å². The van der Waals surface area contributed by atoms with Gasteiger partial charge in [-0.3, -0.25) is 4.98 Å². The maximum Gasteiger partial charge on any atom is 0.241 e. The standard InChI is InChI=1S/C15H21N3O2S/c1-4-16-12(3)10-18-21(19,20)14-8-7-11(2)15-13(14)6-5-9-17-15/h5-9,12,16,18H,4,10H2,1-3H3/t12-/m1/s1. The fraction of sp³-hybridized carbons (Fsp3) is 0.400. The van der Waals surface area contributed by atoms with Crippen molar-refractivity contribution in [2.24, 2.45) is 0 Å². The highest BCUT2D eigenvalue weighted by molar-refractivity contribution is 7.89. The van der Waals surface area contributed by atoms with Gasteiger partial charge in [-0.05, 0) is 44.2 Å². The van der Waals surface area contributed by atoms with Gasteiger partial charge in [-0.25, -0.2) is 13.1 Å². The number of hydrogen-bond acceptors (Lipinski definition) is 4. The van der Waals surface area contributed by atoms with Gasteiger partial charge in [-0.1, -0.05) is 13.0 Å². The van der Waals surface area contributed by atoms with E-state index in [1.165, 1.54) is 0 Å². The highest BCUT2D eigenvalue weighted by Crippen LogP contribution is 2.23. The molecule has 21 heavy (non-hydrogen) atoms. The van der Waals surface area contributed by atoms with E-state index >= 15 is 0 Å². The van der Waals surface area contributed by atoms with E-state index in [0.29, 0.717) is 11.9 Å². The molecule has 1 aromatic carbocycles. The second-order valence-corrected chi connectivity index (χ2v) is 6.83. The molecule has 0 aliphatic rings. The van der Waals surface area contributed by atoms with Crippen molar-refractivity contribution in [2.45, 2.75) is 31.7 Å². The van der Waals surface area contributed by atoms with Crippen molar-refractivity contribution in [3.63, 3.8) is 0 Å². The number of aryl methyl sites for hydroxylation is 1. The Morgan fingerprint density at radius 3 is 2.76 bits per heavy atom. The molecule has 0 fully saturated rings. The Balaban J connectivity index is 2.35. The number of nitrogens with one attached hydrogen (secondary N) is 2. The van der Waals surface area contributed by atoms with Gasteiger partial charge in [0.15, 0.2) is 0 Å². The largest absolute Gasteiger partial charge is 0.313 e. The predicted octanol–water partition coefficient (Wildman–Crippen LogP) is 1.82. The zero-order chi connectivity index (χ0) is 15.5. The molecule has 2 rings (SSSR count). The van der Waals surface area contributed by atoms with Crippen molar-refractivity contribution >= 4 is 20.9 Å².